The van der Waals surface area contributed by atoms with E-state index in [2.05, 4.69) is 11.0 Å². The molecule has 1 aliphatic rings. The second-order valence-electron chi connectivity index (χ2n) is 5.93. The summed E-state index contributed by atoms with van der Waals surface area (Å²) in [6.07, 6.45) is 2.70. The van der Waals surface area contributed by atoms with Gasteiger partial charge in [-0.2, -0.15) is 5.26 Å². The van der Waals surface area contributed by atoms with Gasteiger partial charge in [0.15, 0.2) is 5.78 Å². The van der Waals surface area contributed by atoms with Crippen LogP contribution in [0.4, 0.5) is 5.69 Å². The van der Waals surface area contributed by atoms with Crippen LogP contribution in [0.5, 0.6) is 5.75 Å². The summed E-state index contributed by atoms with van der Waals surface area (Å²) in [6, 6.07) is 17.4. The maximum atomic E-state index is 12.7. The first kappa shape index (κ1) is 16.1. The van der Waals surface area contributed by atoms with Crippen LogP contribution in [0, 0.1) is 11.3 Å². The monoisotopic (exact) mass is 320 g/mol. The molecule has 1 aliphatic heterocycles. The van der Waals surface area contributed by atoms with Crippen molar-refractivity contribution in [3.8, 4) is 11.8 Å². The van der Waals surface area contributed by atoms with E-state index in [0.29, 0.717) is 23.3 Å². The number of rotatable bonds is 5. The fourth-order valence-electron chi connectivity index (χ4n) is 3.29. The molecule has 122 valence electrons. The van der Waals surface area contributed by atoms with E-state index in [1.807, 2.05) is 36.4 Å². The highest BCUT2D eigenvalue weighted by atomic mass is 16.5. The molecule has 1 saturated heterocycles. The first-order chi connectivity index (χ1) is 11.7. The molecule has 4 heteroatoms. The third-order valence-electron chi connectivity index (χ3n) is 4.52. The molecule has 1 atom stereocenters. The molecular weight excluding hydrogens is 300 g/mol. The van der Waals surface area contributed by atoms with E-state index in [-0.39, 0.29) is 11.8 Å². The number of anilines is 1. The van der Waals surface area contributed by atoms with Gasteiger partial charge in [0.05, 0.1) is 25.2 Å². The molecule has 0 spiro atoms. The Morgan fingerprint density at radius 3 is 2.71 bits per heavy atom. The zero-order valence-electron chi connectivity index (χ0n) is 13.7. The molecule has 1 unspecified atom stereocenters. The summed E-state index contributed by atoms with van der Waals surface area (Å²) < 4.78 is 5.27. The summed E-state index contributed by atoms with van der Waals surface area (Å²) in [5.41, 5.74) is 2.28. The zero-order valence-corrected chi connectivity index (χ0v) is 13.7. The minimum atomic E-state index is -0.0472. The van der Waals surface area contributed by atoms with E-state index in [1.54, 1.807) is 19.2 Å². The Morgan fingerprint density at radius 2 is 2.00 bits per heavy atom. The number of ether oxygens (including phenoxy) is 1. The number of nitrogens with zero attached hydrogens (tertiary/aromatic N) is 2. The van der Waals surface area contributed by atoms with E-state index < -0.39 is 0 Å². The Labute approximate surface area is 142 Å². The van der Waals surface area contributed by atoms with E-state index in [9.17, 15) is 4.79 Å². The highest BCUT2D eigenvalue weighted by molar-refractivity contribution is 6.10. The van der Waals surface area contributed by atoms with Gasteiger partial charge in [-0.15, -0.1) is 0 Å². The van der Waals surface area contributed by atoms with Gasteiger partial charge in [0, 0.05) is 23.8 Å². The van der Waals surface area contributed by atoms with E-state index in [4.69, 9.17) is 10.00 Å². The molecule has 3 rings (SSSR count). The second kappa shape index (κ2) is 7.18. The highest BCUT2D eigenvalue weighted by Crippen LogP contribution is 2.28. The number of hydrogen-bond donors (Lipinski definition) is 0. The number of carbonyl (C=O) groups is 1. The standard InChI is InChI=1S/C20H20N2O2/c1-24-19-7-3-2-6-18(19)20(23)15-8-10-17(11-9-15)22-14-4-5-16(22)12-13-21/h2-3,6-11,16H,4-5,12,14H2,1H3. The fraction of sp³-hybridized carbons (Fsp3) is 0.300. The molecule has 0 radical (unpaired) electrons. The molecule has 2 aromatic rings. The maximum absolute atomic E-state index is 12.7. The molecule has 0 saturated carbocycles. The Kier molecular flexibility index (Phi) is 4.81. The normalized spacial score (nSPS) is 16.7. The number of methoxy groups -OCH3 is 1. The van der Waals surface area contributed by atoms with Crippen LogP contribution in [-0.2, 0) is 0 Å². The Morgan fingerprint density at radius 1 is 1.25 bits per heavy atom. The van der Waals surface area contributed by atoms with Gasteiger partial charge in [0.1, 0.15) is 5.75 Å². The van der Waals surface area contributed by atoms with Crippen LogP contribution in [0.1, 0.15) is 35.2 Å². The average molecular weight is 320 g/mol. The Hall–Kier alpha value is -2.80. The van der Waals surface area contributed by atoms with Crippen molar-refractivity contribution in [3.05, 3.63) is 59.7 Å². The Bertz CT molecular complexity index is 762. The quantitative estimate of drug-likeness (QED) is 0.786. The third-order valence-corrected chi connectivity index (χ3v) is 4.52. The van der Waals surface area contributed by atoms with Gasteiger partial charge in [0.25, 0.3) is 0 Å². The van der Waals surface area contributed by atoms with Crippen LogP contribution < -0.4 is 9.64 Å². The lowest BCUT2D eigenvalue weighted by molar-refractivity contribution is 0.103. The summed E-state index contributed by atoms with van der Waals surface area (Å²) in [7, 11) is 1.57. The van der Waals surface area contributed by atoms with Crippen molar-refractivity contribution >= 4 is 11.5 Å². The van der Waals surface area contributed by atoms with Gasteiger partial charge in [-0.1, -0.05) is 12.1 Å². The maximum Gasteiger partial charge on any atom is 0.196 e. The summed E-state index contributed by atoms with van der Waals surface area (Å²) in [5, 5.41) is 8.95. The van der Waals surface area contributed by atoms with Gasteiger partial charge in [0.2, 0.25) is 0 Å². The van der Waals surface area contributed by atoms with E-state index >= 15 is 0 Å². The van der Waals surface area contributed by atoms with Crippen molar-refractivity contribution in [2.24, 2.45) is 0 Å². The lowest BCUT2D eigenvalue weighted by atomic mass is 10.0. The van der Waals surface area contributed by atoms with Crippen molar-refractivity contribution in [1.82, 2.24) is 0 Å². The first-order valence-corrected chi connectivity index (χ1v) is 8.16. The number of benzene rings is 2. The predicted molar refractivity (Wildman–Crippen MR) is 93.5 cm³/mol. The van der Waals surface area contributed by atoms with Crippen LogP contribution in [0.25, 0.3) is 0 Å². The van der Waals surface area contributed by atoms with Crippen LogP contribution >= 0.6 is 0 Å². The van der Waals surface area contributed by atoms with Crippen LogP contribution in [0.3, 0.4) is 0 Å². The number of carbonyl (C=O) groups excluding carboxylic acids is 1. The minimum Gasteiger partial charge on any atom is -0.496 e. The smallest absolute Gasteiger partial charge is 0.196 e. The number of hydrogen-bond acceptors (Lipinski definition) is 4. The van der Waals surface area contributed by atoms with Crippen LogP contribution in [0.15, 0.2) is 48.5 Å². The summed E-state index contributed by atoms with van der Waals surface area (Å²) in [5.74, 6) is 0.536. The average Bonchev–Trinajstić information content (AvgIpc) is 3.10. The lowest BCUT2D eigenvalue weighted by Crippen LogP contribution is -2.28. The molecule has 1 fully saturated rings. The predicted octanol–water partition coefficient (Wildman–Crippen LogP) is 3.81. The highest BCUT2D eigenvalue weighted by Gasteiger charge is 2.24. The largest absolute Gasteiger partial charge is 0.496 e. The van der Waals surface area contributed by atoms with Gasteiger partial charge in [-0.25, -0.2) is 0 Å². The molecule has 0 aliphatic carbocycles. The van der Waals surface area contributed by atoms with E-state index in [0.717, 1.165) is 25.1 Å². The molecule has 0 N–H and O–H groups in total. The minimum absolute atomic E-state index is 0.0472. The molecule has 0 bridgehead atoms. The summed E-state index contributed by atoms with van der Waals surface area (Å²) in [6.45, 7) is 0.964. The Balaban J connectivity index is 1.82. The van der Waals surface area contributed by atoms with Crippen molar-refractivity contribution in [1.29, 1.82) is 5.26 Å². The van der Waals surface area contributed by atoms with Gasteiger partial charge < -0.3 is 9.64 Å². The molecule has 0 aromatic heterocycles. The molecule has 2 aromatic carbocycles. The number of nitriles is 1. The molecule has 4 nitrogen and oxygen atoms in total. The first-order valence-electron chi connectivity index (χ1n) is 8.16. The van der Waals surface area contributed by atoms with Gasteiger partial charge in [-0.05, 0) is 49.2 Å². The summed E-state index contributed by atoms with van der Waals surface area (Å²) in [4.78, 5) is 15.0. The fourth-order valence-corrected chi connectivity index (χ4v) is 3.29. The third kappa shape index (κ3) is 3.11. The molecule has 24 heavy (non-hydrogen) atoms. The number of para-hydroxylation sites is 1. The molecular formula is C20H20N2O2. The molecule has 1 heterocycles. The van der Waals surface area contributed by atoms with Crippen molar-refractivity contribution in [2.75, 3.05) is 18.6 Å². The molecule has 0 amide bonds. The van der Waals surface area contributed by atoms with Crippen LogP contribution in [-0.4, -0.2) is 25.5 Å². The van der Waals surface area contributed by atoms with Crippen molar-refractivity contribution in [3.63, 3.8) is 0 Å². The SMILES string of the molecule is COc1ccccc1C(=O)c1ccc(N2CCCC2CC#N)cc1. The van der Waals surface area contributed by atoms with Crippen molar-refractivity contribution in [2.45, 2.75) is 25.3 Å². The van der Waals surface area contributed by atoms with Gasteiger partial charge in [-0.3, -0.25) is 4.79 Å². The van der Waals surface area contributed by atoms with Crippen LogP contribution in [0.2, 0.25) is 0 Å². The topological polar surface area (TPSA) is 53.3 Å². The van der Waals surface area contributed by atoms with Gasteiger partial charge >= 0.3 is 0 Å². The zero-order chi connectivity index (χ0) is 16.9. The van der Waals surface area contributed by atoms with E-state index in [1.165, 1.54) is 0 Å². The lowest BCUT2D eigenvalue weighted by Gasteiger charge is -2.25. The van der Waals surface area contributed by atoms with Crippen molar-refractivity contribution < 1.29 is 9.53 Å². The number of ketones is 1. The summed E-state index contributed by atoms with van der Waals surface area (Å²) >= 11 is 0. The second-order valence-corrected chi connectivity index (χ2v) is 5.93.